The third-order valence-electron chi connectivity index (χ3n) is 4.42. The Balaban J connectivity index is 1.68. The van der Waals surface area contributed by atoms with Crippen LogP contribution in [0.5, 0.6) is 0 Å². The molecule has 0 unspecified atom stereocenters. The van der Waals surface area contributed by atoms with Crippen molar-refractivity contribution >= 4 is 23.8 Å². The first kappa shape index (κ1) is 20.4. The maximum atomic E-state index is 12.0. The van der Waals surface area contributed by atoms with Crippen LogP contribution in [0.15, 0.2) is 24.3 Å². The van der Waals surface area contributed by atoms with Crippen molar-refractivity contribution in [2.75, 3.05) is 6.54 Å². The summed E-state index contributed by atoms with van der Waals surface area (Å²) in [6.07, 6.45) is 1.69. The number of amides is 5. The van der Waals surface area contributed by atoms with Crippen molar-refractivity contribution in [3.05, 3.63) is 35.4 Å². The molecule has 27 heavy (non-hydrogen) atoms. The maximum Gasteiger partial charge on any atom is 0.325 e. The molecule has 0 aromatic heterocycles. The zero-order valence-electron chi connectivity index (χ0n) is 15.9. The molecule has 2 rings (SSSR count). The molecular formula is C19H26N4O4. The fourth-order valence-electron chi connectivity index (χ4n) is 2.70. The number of nitrogens with one attached hydrogen (secondary N) is 3. The Kier molecular flexibility index (Phi) is 6.55. The van der Waals surface area contributed by atoms with Gasteiger partial charge in [-0.05, 0) is 37.8 Å². The summed E-state index contributed by atoms with van der Waals surface area (Å²) < 4.78 is 0. The molecule has 8 nitrogen and oxygen atoms in total. The van der Waals surface area contributed by atoms with Gasteiger partial charge in [-0.15, -0.1) is 0 Å². The van der Waals surface area contributed by atoms with Crippen LogP contribution < -0.4 is 16.2 Å². The average Bonchev–Trinajstić information content (AvgIpc) is 2.84. The van der Waals surface area contributed by atoms with Crippen LogP contribution in [0.25, 0.3) is 0 Å². The Labute approximate surface area is 158 Å². The molecule has 1 aromatic rings. The summed E-state index contributed by atoms with van der Waals surface area (Å²) in [6.45, 7) is 5.24. The number of aryl methyl sites for hydroxylation is 2. The number of rotatable bonds is 7. The number of hydrogen-bond donors (Lipinski definition) is 3. The van der Waals surface area contributed by atoms with E-state index in [2.05, 4.69) is 23.1 Å². The van der Waals surface area contributed by atoms with E-state index in [0.717, 1.165) is 16.9 Å². The van der Waals surface area contributed by atoms with Gasteiger partial charge in [0.1, 0.15) is 5.54 Å². The van der Waals surface area contributed by atoms with Gasteiger partial charge in [0.05, 0.1) is 0 Å². The molecule has 0 bridgehead atoms. The molecule has 1 heterocycles. The smallest absolute Gasteiger partial charge is 0.324 e. The Bertz CT molecular complexity index is 728. The van der Waals surface area contributed by atoms with E-state index in [1.165, 1.54) is 5.56 Å². The molecule has 146 valence electrons. The van der Waals surface area contributed by atoms with Crippen LogP contribution in [-0.4, -0.2) is 40.7 Å². The lowest BCUT2D eigenvalue weighted by Gasteiger charge is -2.15. The summed E-state index contributed by atoms with van der Waals surface area (Å²) >= 11 is 0. The van der Waals surface area contributed by atoms with Crippen molar-refractivity contribution in [2.24, 2.45) is 0 Å². The Hall–Kier alpha value is -2.90. The fourth-order valence-corrected chi connectivity index (χ4v) is 2.70. The van der Waals surface area contributed by atoms with Crippen molar-refractivity contribution in [1.82, 2.24) is 21.1 Å². The highest BCUT2D eigenvalue weighted by atomic mass is 16.2. The summed E-state index contributed by atoms with van der Waals surface area (Å²) in [4.78, 5) is 48.4. The maximum absolute atomic E-state index is 12.0. The number of benzene rings is 1. The lowest BCUT2D eigenvalue weighted by atomic mass is 10.1. The average molecular weight is 374 g/mol. The van der Waals surface area contributed by atoms with Gasteiger partial charge in [-0.2, -0.15) is 0 Å². The second kappa shape index (κ2) is 8.66. The molecule has 8 heteroatoms. The molecule has 3 N–H and O–H groups in total. The lowest BCUT2D eigenvalue weighted by molar-refractivity contribution is -0.132. The molecule has 0 saturated carbocycles. The van der Waals surface area contributed by atoms with Gasteiger partial charge >= 0.3 is 6.03 Å². The highest BCUT2D eigenvalue weighted by Gasteiger charge is 2.43. The van der Waals surface area contributed by atoms with E-state index in [1.54, 1.807) is 13.8 Å². The standard InChI is InChI=1S/C19H26N4O4/c1-4-13-5-7-14(8-6-13)9-10-15(24)21-22-16(25)11-12-23-17(26)19(2,3)20-18(23)27/h5-8H,4,9-12H2,1-3H3,(H,20,27)(H,21,24)(H,22,25). The van der Waals surface area contributed by atoms with Crippen LogP contribution in [0, 0.1) is 0 Å². The van der Waals surface area contributed by atoms with E-state index < -0.39 is 17.5 Å². The Morgan fingerprint density at radius 2 is 1.56 bits per heavy atom. The van der Waals surface area contributed by atoms with Crippen LogP contribution in [-0.2, 0) is 27.2 Å². The van der Waals surface area contributed by atoms with Gasteiger partial charge in [0.2, 0.25) is 11.8 Å². The Morgan fingerprint density at radius 3 is 2.07 bits per heavy atom. The van der Waals surface area contributed by atoms with Crippen LogP contribution >= 0.6 is 0 Å². The molecule has 0 aliphatic carbocycles. The normalized spacial score (nSPS) is 15.4. The van der Waals surface area contributed by atoms with E-state index in [0.29, 0.717) is 6.42 Å². The highest BCUT2D eigenvalue weighted by molar-refractivity contribution is 6.06. The van der Waals surface area contributed by atoms with Crippen molar-refractivity contribution in [2.45, 2.75) is 52.0 Å². The number of nitrogens with zero attached hydrogens (tertiary/aromatic N) is 1. The van der Waals surface area contributed by atoms with Crippen LogP contribution in [0.1, 0.15) is 44.7 Å². The molecule has 1 aromatic carbocycles. The molecule has 5 amide bonds. The van der Waals surface area contributed by atoms with E-state index >= 15 is 0 Å². The number of carbonyl (C=O) groups excluding carboxylic acids is 4. The molecule has 1 aliphatic rings. The van der Waals surface area contributed by atoms with Gasteiger partial charge in [-0.25, -0.2) is 4.79 Å². The minimum Gasteiger partial charge on any atom is -0.324 e. The number of hydrogen-bond acceptors (Lipinski definition) is 4. The molecule has 1 aliphatic heterocycles. The third-order valence-corrected chi connectivity index (χ3v) is 4.42. The van der Waals surface area contributed by atoms with Gasteiger partial charge in [0.15, 0.2) is 0 Å². The molecule has 1 saturated heterocycles. The number of imide groups is 1. The molecule has 0 radical (unpaired) electrons. The second-order valence-electron chi connectivity index (χ2n) is 7.03. The van der Waals surface area contributed by atoms with Crippen molar-refractivity contribution in [3.63, 3.8) is 0 Å². The number of urea groups is 1. The van der Waals surface area contributed by atoms with Gasteiger partial charge < -0.3 is 5.32 Å². The first-order valence-corrected chi connectivity index (χ1v) is 9.02. The van der Waals surface area contributed by atoms with E-state index in [4.69, 9.17) is 0 Å². The van der Waals surface area contributed by atoms with Crippen molar-refractivity contribution in [3.8, 4) is 0 Å². The Morgan fingerprint density at radius 1 is 1.00 bits per heavy atom. The molecule has 1 fully saturated rings. The zero-order chi connectivity index (χ0) is 20.0. The second-order valence-corrected chi connectivity index (χ2v) is 7.03. The molecule has 0 spiro atoms. The third kappa shape index (κ3) is 5.54. The van der Waals surface area contributed by atoms with Gasteiger partial charge in [0, 0.05) is 19.4 Å². The van der Waals surface area contributed by atoms with Gasteiger partial charge in [-0.3, -0.25) is 30.1 Å². The van der Waals surface area contributed by atoms with Crippen LogP contribution in [0.4, 0.5) is 4.79 Å². The van der Waals surface area contributed by atoms with Gasteiger partial charge in [-0.1, -0.05) is 31.2 Å². The van der Waals surface area contributed by atoms with E-state index in [9.17, 15) is 19.2 Å². The molecule has 0 atom stereocenters. The molecular weight excluding hydrogens is 348 g/mol. The van der Waals surface area contributed by atoms with Gasteiger partial charge in [0.25, 0.3) is 5.91 Å². The van der Waals surface area contributed by atoms with Crippen molar-refractivity contribution < 1.29 is 19.2 Å². The zero-order valence-corrected chi connectivity index (χ0v) is 15.9. The number of carbonyl (C=O) groups is 4. The first-order valence-electron chi connectivity index (χ1n) is 9.02. The van der Waals surface area contributed by atoms with Crippen molar-refractivity contribution in [1.29, 1.82) is 0 Å². The van der Waals surface area contributed by atoms with E-state index in [1.807, 2.05) is 24.3 Å². The minimum absolute atomic E-state index is 0.0421. The lowest BCUT2D eigenvalue weighted by Crippen LogP contribution is -2.44. The fraction of sp³-hybridized carbons (Fsp3) is 0.474. The summed E-state index contributed by atoms with van der Waals surface area (Å²) in [5.74, 6) is -1.15. The van der Waals surface area contributed by atoms with E-state index in [-0.39, 0.29) is 31.2 Å². The number of hydrazine groups is 1. The summed E-state index contributed by atoms with van der Waals surface area (Å²) in [7, 11) is 0. The summed E-state index contributed by atoms with van der Waals surface area (Å²) in [5.41, 5.74) is 5.98. The topological polar surface area (TPSA) is 108 Å². The highest BCUT2D eigenvalue weighted by Crippen LogP contribution is 2.16. The quantitative estimate of drug-likeness (QED) is 0.490. The predicted molar refractivity (Wildman–Crippen MR) is 99.4 cm³/mol. The SMILES string of the molecule is CCc1ccc(CCC(=O)NNC(=O)CCN2C(=O)NC(C)(C)C2=O)cc1. The first-order chi connectivity index (χ1) is 12.7. The summed E-state index contributed by atoms with van der Waals surface area (Å²) in [5, 5.41) is 2.54. The monoisotopic (exact) mass is 374 g/mol. The van der Waals surface area contributed by atoms with Crippen LogP contribution in [0.3, 0.4) is 0 Å². The minimum atomic E-state index is -0.961. The largest absolute Gasteiger partial charge is 0.325 e. The van der Waals surface area contributed by atoms with Crippen LogP contribution in [0.2, 0.25) is 0 Å². The summed E-state index contributed by atoms with van der Waals surface area (Å²) in [6, 6.07) is 7.53. The predicted octanol–water partition coefficient (Wildman–Crippen LogP) is 1.05.